The van der Waals surface area contributed by atoms with E-state index >= 15 is 0 Å². The molecule has 0 spiro atoms. The Labute approximate surface area is 137 Å². The molecule has 0 bridgehead atoms. The van der Waals surface area contributed by atoms with Gasteiger partial charge < -0.3 is 9.73 Å². The second-order valence-electron chi connectivity index (χ2n) is 5.97. The fraction of sp³-hybridized carbons (Fsp3) is 0.368. The van der Waals surface area contributed by atoms with Crippen LogP contribution in [0.4, 0.5) is 0 Å². The van der Waals surface area contributed by atoms with Crippen molar-refractivity contribution >= 4 is 5.91 Å². The Morgan fingerprint density at radius 2 is 2.09 bits per heavy atom. The van der Waals surface area contributed by atoms with Crippen LogP contribution in [-0.4, -0.2) is 13.0 Å². The number of aryl methyl sites for hydroxylation is 2. The number of carbonyl (C=O) groups is 1. The Hall–Kier alpha value is -2.54. The topological polar surface area (TPSA) is 66.0 Å². The van der Waals surface area contributed by atoms with Gasteiger partial charge in [0, 0.05) is 19.4 Å². The number of nitriles is 1. The first-order valence-electron chi connectivity index (χ1n) is 7.73. The van der Waals surface area contributed by atoms with Crippen LogP contribution >= 0.6 is 0 Å². The highest BCUT2D eigenvalue weighted by molar-refractivity contribution is 5.91. The van der Waals surface area contributed by atoms with E-state index in [9.17, 15) is 4.79 Å². The predicted molar refractivity (Wildman–Crippen MR) is 89.3 cm³/mol. The lowest BCUT2D eigenvalue weighted by Crippen LogP contribution is -2.17. The average molecular weight is 310 g/mol. The lowest BCUT2D eigenvalue weighted by molar-refractivity contribution is 0.0933. The number of nitrogens with zero attached hydrogens (tertiary/aromatic N) is 1. The summed E-state index contributed by atoms with van der Waals surface area (Å²) < 4.78 is 5.87. The summed E-state index contributed by atoms with van der Waals surface area (Å²) in [5, 5.41) is 11.7. The second kappa shape index (κ2) is 7.15. The molecule has 1 amide bonds. The first-order valence-corrected chi connectivity index (χ1v) is 7.73. The monoisotopic (exact) mass is 310 g/mol. The molecule has 120 valence electrons. The Bertz CT molecular complexity index is 740. The van der Waals surface area contributed by atoms with Crippen molar-refractivity contribution in [2.24, 2.45) is 5.92 Å². The molecule has 4 nitrogen and oxygen atoms in total. The number of hydrogen-bond acceptors (Lipinski definition) is 3. The van der Waals surface area contributed by atoms with Crippen LogP contribution in [0.1, 0.15) is 52.3 Å². The third-order valence-corrected chi connectivity index (χ3v) is 4.07. The molecular formula is C19H22N2O2. The first-order chi connectivity index (χ1) is 11.0. The highest BCUT2D eigenvalue weighted by Crippen LogP contribution is 2.37. The Morgan fingerprint density at radius 3 is 2.70 bits per heavy atom. The fourth-order valence-corrected chi connectivity index (χ4v) is 2.90. The van der Waals surface area contributed by atoms with E-state index in [-0.39, 0.29) is 17.7 Å². The highest BCUT2D eigenvalue weighted by atomic mass is 16.4. The van der Waals surface area contributed by atoms with Gasteiger partial charge in [0.15, 0.2) is 5.76 Å². The number of carbonyl (C=O) groups excluding carboxylic acids is 1. The van der Waals surface area contributed by atoms with Crippen LogP contribution < -0.4 is 5.32 Å². The zero-order valence-electron chi connectivity index (χ0n) is 14.0. The van der Waals surface area contributed by atoms with E-state index in [0.717, 1.165) is 22.5 Å². The van der Waals surface area contributed by atoms with Gasteiger partial charge in [0.05, 0.1) is 6.07 Å². The van der Waals surface area contributed by atoms with Gasteiger partial charge in [-0.1, -0.05) is 36.8 Å². The van der Waals surface area contributed by atoms with Crippen molar-refractivity contribution < 1.29 is 9.21 Å². The molecule has 0 saturated heterocycles. The minimum Gasteiger partial charge on any atom is -0.455 e. The standard InChI is InChI=1S/C19H22N2O2/c1-12-6-5-7-15(10-12)17(13(2)8-9-20)18-14(3)11-16(23-18)19(22)21-4/h5-7,10-11,13,17H,8H2,1-4H3,(H,21,22). The van der Waals surface area contributed by atoms with Crippen LogP contribution in [0.25, 0.3) is 0 Å². The molecule has 0 fully saturated rings. The molecule has 0 aliphatic rings. The third kappa shape index (κ3) is 3.62. The van der Waals surface area contributed by atoms with Gasteiger partial charge in [-0.2, -0.15) is 5.26 Å². The molecule has 1 aromatic heterocycles. The van der Waals surface area contributed by atoms with Gasteiger partial charge in [-0.15, -0.1) is 0 Å². The van der Waals surface area contributed by atoms with Gasteiger partial charge >= 0.3 is 0 Å². The van der Waals surface area contributed by atoms with Crippen molar-refractivity contribution in [1.29, 1.82) is 5.26 Å². The SMILES string of the molecule is CNC(=O)c1cc(C)c(C(c2cccc(C)c2)C(C)CC#N)o1. The summed E-state index contributed by atoms with van der Waals surface area (Å²) in [7, 11) is 1.58. The maximum Gasteiger partial charge on any atom is 0.286 e. The van der Waals surface area contributed by atoms with Crippen molar-refractivity contribution in [3.05, 3.63) is 58.5 Å². The Morgan fingerprint density at radius 1 is 1.35 bits per heavy atom. The average Bonchev–Trinajstić information content (AvgIpc) is 2.89. The maximum atomic E-state index is 11.8. The van der Waals surface area contributed by atoms with E-state index in [2.05, 4.69) is 17.5 Å². The number of benzene rings is 1. The molecule has 0 aliphatic carbocycles. The van der Waals surface area contributed by atoms with Crippen LogP contribution in [0.3, 0.4) is 0 Å². The third-order valence-electron chi connectivity index (χ3n) is 4.07. The molecule has 2 aromatic rings. The summed E-state index contributed by atoms with van der Waals surface area (Å²) in [6, 6.07) is 12.2. The molecule has 0 saturated carbocycles. The van der Waals surface area contributed by atoms with Crippen molar-refractivity contribution in [3.63, 3.8) is 0 Å². The van der Waals surface area contributed by atoms with Crippen LogP contribution in [0, 0.1) is 31.1 Å². The van der Waals surface area contributed by atoms with Gasteiger partial charge in [-0.05, 0) is 37.0 Å². The quantitative estimate of drug-likeness (QED) is 0.909. The molecule has 2 atom stereocenters. The van der Waals surface area contributed by atoms with E-state index in [4.69, 9.17) is 9.68 Å². The summed E-state index contributed by atoms with van der Waals surface area (Å²) >= 11 is 0. The second-order valence-corrected chi connectivity index (χ2v) is 5.97. The molecule has 23 heavy (non-hydrogen) atoms. The van der Waals surface area contributed by atoms with E-state index in [1.54, 1.807) is 13.1 Å². The molecule has 1 heterocycles. The van der Waals surface area contributed by atoms with E-state index in [1.165, 1.54) is 0 Å². The minimum absolute atomic E-state index is 0.0482. The van der Waals surface area contributed by atoms with Crippen molar-refractivity contribution in [3.8, 4) is 6.07 Å². The normalized spacial score (nSPS) is 13.2. The summed E-state index contributed by atoms with van der Waals surface area (Å²) in [5.41, 5.74) is 3.20. The fourth-order valence-electron chi connectivity index (χ4n) is 2.90. The smallest absolute Gasteiger partial charge is 0.286 e. The van der Waals surface area contributed by atoms with Crippen LogP contribution in [0.15, 0.2) is 34.7 Å². The Balaban J connectivity index is 2.52. The number of nitrogens with one attached hydrogen (secondary N) is 1. The molecule has 2 unspecified atom stereocenters. The zero-order chi connectivity index (χ0) is 17.0. The lowest BCUT2D eigenvalue weighted by atomic mass is 9.82. The first kappa shape index (κ1) is 16.8. The molecule has 1 N–H and O–H groups in total. The number of rotatable bonds is 5. The number of furan rings is 1. The van der Waals surface area contributed by atoms with E-state index in [0.29, 0.717) is 12.2 Å². The van der Waals surface area contributed by atoms with Gasteiger partial charge in [0.25, 0.3) is 5.91 Å². The van der Waals surface area contributed by atoms with Gasteiger partial charge in [0.2, 0.25) is 0 Å². The minimum atomic E-state index is -0.240. The Kier molecular flexibility index (Phi) is 5.23. The molecule has 1 aromatic carbocycles. The van der Waals surface area contributed by atoms with Crippen LogP contribution in [-0.2, 0) is 0 Å². The van der Waals surface area contributed by atoms with Crippen molar-refractivity contribution in [2.75, 3.05) is 7.05 Å². The lowest BCUT2D eigenvalue weighted by Gasteiger charge is -2.22. The number of amides is 1. The van der Waals surface area contributed by atoms with Crippen molar-refractivity contribution in [1.82, 2.24) is 5.32 Å². The van der Waals surface area contributed by atoms with Crippen molar-refractivity contribution in [2.45, 2.75) is 33.1 Å². The summed E-state index contributed by atoms with van der Waals surface area (Å²) in [6.45, 7) is 6.02. The summed E-state index contributed by atoms with van der Waals surface area (Å²) in [6.07, 6.45) is 0.425. The van der Waals surface area contributed by atoms with Crippen LogP contribution in [0.2, 0.25) is 0 Å². The molecule has 2 rings (SSSR count). The van der Waals surface area contributed by atoms with Gasteiger partial charge in [0.1, 0.15) is 5.76 Å². The van der Waals surface area contributed by atoms with Crippen LogP contribution in [0.5, 0.6) is 0 Å². The van der Waals surface area contributed by atoms with E-state index < -0.39 is 0 Å². The summed E-state index contributed by atoms with van der Waals surface area (Å²) in [5.74, 6) is 0.867. The zero-order valence-corrected chi connectivity index (χ0v) is 14.0. The maximum absolute atomic E-state index is 11.8. The summed E-state index contributed by atoms with van der Waals surface area (Å²) in [4.78, 5) is 11.8. The predicted octanol–water partition coefficient (Wildman–Crippen LogP) is 3.94. The van der Waals surface area contributed by atoms with E-state index in [1.807, 2.05) is 39.0 Å². The van der Waals surface area contributed by atoms with Gasteiger partial charge in [-0.25, -0.2) is 0 Å². The highest BCUT2D eigenvalue weighted by Gasteiger charge is 2.27. The number of hydrogen-bond donors (Lipinski definition) is 1. The molecular weight excluding hydrogens is 288 g/mol. The molecule has 0 aliphatic heterocycles. The largest absolute Gasteiger partial charge is 0.455 e. The van der Waals surface area contributed by atoms with Gasteiger partial charge in [-0.3, -0.25) is 4.79 Å². The molecule has 4 heteroatoms. The molecule has 0 radical (unpaired) electrons.